The van der Waals surface area contributed by atoms with Crippen LogP contribution in [0.25, 0.3) is 11.0 Å². The molecule has 0 spiro atoms. The summed E-state index contributed by atoms with van der Waals surface area (Å²) in [6.07, 6.45) is 0.824. The van der Waals surface area contributed by atoms with E-state index in [2.05, 4.69) is 4.98 Å². The van der Waals surface area contributed by atoms with Gasteiger partial charge in [-0.05, 0) is 12.1 Å². The predicted octanol–water partition coefficient (Wildman–Crippen LogP) is 2.27. The number of fused-ring (bicyclic) bond motifs is 1. The lowest BCUT2D eigenvalue weighted by Gasteiger charge is -1.97. The van der Waals surface area contributed by atoms with Crippen molar-refractivity contribution in [3.63, 3.8) is 0 Å². The number of hydrogen-bond donors (Lipinski definition) is 0. The molecule has 0 saturated heterocycles. The maximum Gasteiger partial charge on any atom is 0.151 e. The Morgan fingerprint density at radius 1 is 1.46 bits per heavy atom. The highest BCUT2D eigenvalue weighted by Crippen LogP contribution is 2.17. The van der Waals surface area contributed by atoms with Crippen molar-refractivity contribution >= 4 is 11.0 Å². The molecule has 0 N–H and O–H groups in total. The van der Waals surface area contributed by atoms with Crippen molar-refractivity contribution in [1.82, 2.24) is 9.55 Å². The molecule has 0 aliphatic carbocycles. The van der Waals surface area contributed by atoms with E-state index in [0.717, 1.165) is 17.8 Å². The molecule has 1 aromatic heterocycles. The van der Waals surface area contributed by atoms with Crippen molar-refractivity contribution in [2.75, 3.05) is 0 Å². The van der Waals surface area contributed by atoms with Gasteiger partial charge in [0.25, 0.3) is 0 Å². The molecule has 0 fully saturated rings. The van der Waals surface area contributed by atoms with E-state index >= 15 is 0 Å². The van der Waals surface area contributed by atoms with Gasteiger partial charge >= 0.3 is 0 Å². The highest BCUT2D eigenvalue weighted by molar-refractivity contribution is 5.76. The van der Waals surface area contributed by atoms with E-state index in [9.17, 15) is 4.39 Å². The Morgan fingerprint density at radius 3 is 2.85 bits per heavy atom. The Bertz CT molecular complexity index is 445. The fourth-order valence-electron chi connectivity index (χ4n) is 1.54. The lowest BCUT2D eigenvalue weighted by molar-refractivity contribution is 0.637. The van der Waals surface area contributed by atoms with Crippen molar-refractivity contribution < 1.29 is 4.39 Å². The Labute approximate surface area is 76.0 Å². The van der Waals surface area contributed by atoms with Crippen molar-refractivity contribution in [2.24, 2.45) is 7.05 Å². The van der Waals surface area contributed by atoms with Crippen LogP contribution >= 0.6 is 0 Å². The van der Waals surface area contributed by atoms with Gasteiger partial charge in [-0.3, -0.25) is 0 Å². The van der Waals surface area contributed by atoms with Gasteiger partial charge in [0.2, 0.25) is 0 Å². The van der Waals surface area contributed by atoms with Gasteiger partial charge < -0.3 is 4.57 Å². The van der Waals surface area contributed by atoms with E-state index in [-0.39, 0.29) is 5.82 Å². The van der Waals surface area contributed by atoms with Crippen LogP contribution in [-0.2, 0) is 13.5 Å². The molecule has 0 aliphatic heterocycles. The van der Waals surface area contributed by atoms with Gasteiger partial charge in [-0.1, -0.05) is 13.0 Å². The van der Waals surface area contributed by atoms with Gasteiger partial charge in [0, 0.05) is 13.5 Å². The number of rotatable bonds is 1. The van der Waals surface area contributed by atoms with Gasteiger partial charge in [-0.2, -0.15) is 0 Å². The first-order chi connectivity index (χ1) is 6.24. The van der Waals surface area contributed by atoms with Gasteiger partial charge in [-0.15, -0.1) is 0 Å². The Kier molecular flexibility index (Phi) is 1.79. The number of para-hydroxylation sites is 1. The van der Waals surface area contributed by atoms with Crippen LogP contribution in [0.1, 0.15) is 12.7 Å². The summed E-state index contributed by atoms with van der Waals surface area (Å²) in [7, 11) is 1.91. The van der Waals surface area contributed by atoms with E-state index in [1.165, 1.54) is 6.07 Å². The Hall–Kier alpha value is -1.38. The van der Waals surface area contributed by atoms with Gasteiger partial charge in [0.1, 0.15) is 11.3 Å². The molecule has 0 atom stereocenters. The normalized spacial score (nSPS) is 11.0. The molecule has 1 aromatic carbocycles. The maximum absolute atomic E-state index is 13.2. The van der Waals surface area contributed by atoms with Crippen LogP contribution in [-0.4, -0.2) is 9.55 Å². The minimum absolute atomic E-state index is 0.243. The Balaban J connectivity index is 2.83. The van der Waals surface area contributed by atoms with Crippen molar-refractivity contribution in [2.45, 2.75) is 13.3 Å². The van der Waals surface area contributed by atoms with Crippen LogP contribution < -0.4 is 0 Å². The third kappa shape index (κ3) is 1.11. The van der Waals surface area contributed by atoms with Gasteiger partial charge in [-0.25, -0.2) is 9.37 Å². The van der Waals surface area contributed by atoms with Crippen molar-refractivity contribution in [3.8, 4) is 0 Å². The summed E-state index contributed by atoms with van der Waals surface area (Å²) in [5.74, 6) is 0.674. The first-order valence-electron chi connectivity index (χ1n) is 4.34. The van der Waals surface area contributed by atoms with Crippen LogP contribution in [0.15, 0.2) is 18.2 Å². The second-order valence-electron chi connectivity index (χ2n) is 3.05. The molecule has 0 aliphatic rings. The van der Waals surface area contributed by atoms with E-state index in [0.29, 0.717) is 5.52 Å². The average molecular weight is 178 g/mol. The zero-order valence-corrected chi connectivity index (χ0v) is 7.71. The number of halogens is 1. The molecule has 0 radical (unpaired) electrons. The smallest absolute Gasteiger partial charge is 0.151 e. The summed E-state index contributed by atoms with van der Waals surface area (Å²) >= 11 is 0. The highest BCUT2D eigenvalue weighted by Gasteiger charge is 2.08. The summed E-state index contributed by atoms with van der Waals surface area (Å²) in [5.41, 5.74) is 1.33. The summed E-state index contributed by atoms with van der Waals surface area (Å²) in [5, 5.41) is 0. The third-order valence-electron chi connectivity index (χ3n) is 2.27. The monoisotopic (exact) mass is 178 g/mol. The van der Waals surface area contributed by atoms with Crippen LogP contribution in [0.5, 0.6) is 0 Å². The molecule has 3 heteroatoms. The summed E-state index contributed by atoms with van der Waals surface area (Å²) in [4.78, 5) is 4.22. The van der Waals surface area contributed by atoms with Gasteiger partial charge in [0.05, 0.1) is 5.52 Å². The molecule has 0 saturated carbocycles. The fraction of sp³-hybridized carbons (Fsp3) is 0.300. The first kappa shape index (κ1) is 8.23. The molecular formula is C10H11FN2. The zero-order valence-electron chi connectivity index (χ0n) is 7.71. The molecule has 13 heavy (non-hydrogen) atoms. The molecule has 0 amide bonds. The van der Waals surface area contributed by atoms with E-state index in [1.807, 2.05) is 24.6 Å². The number of imidazole rings is 1. The van der Waals surface area contributed by atoms with E-state index < -0.39 is 0 Å². The molecule has 68 valence electrons. The summed E-state index contributed by atoms with van der Waals surface area (Å²) in [6.45, 7) is 2.01. The third-order valence-corrected chi connectivity index (χ3v) is 2.27. The quantitative estimate of drug-likeness (QED) is 0.655. The van der Waals surface area contributed by atoms with Crippen molar-refractivity contribution in [1.29, 1.82) is 0 Å². The number of benzene rings is 1. The molecule has 2 nitrogen and oxygen atoms in total. The zero-order chi connectivity index (χ0) is 9.42. The summed E-state index contributed by atoms with van der Waals surface area (Å²) in [6, 6.07) is 5.03. The van der Waals surface area contributed by atoms with Crippen LogP contribution in [0.4, 0.5) is 4.39 Å². The van der Waals surface area contributed by atoms with Crippen LogP contribution in [0.2, 0.25) is 0 Å². The molecule has 0 unspecified atom stereocenters. The van der Waals surface area contributed by atoms with Crippen molar-refractivity contribution in [3.05, 3.63) is 29.8 Å². The minimum atomic E-state index is -0.243. The molecular weight excluding hydrogens is 167 g/mol. The molecule has 1 heterocycles. The number of hydrogen-bond acceptors (Lipinski definition) is 1. The lowest BCUT2D eigenvalue weighted by atomic mass is 10.3. The molecule has 2 rings (SSSR count). The van der Waals surface area contributed by atoms with Crippen LogP contribution in [0.3, 0.4) is 0 Å². The van der Waals surface area contributed by atoms with Gasteiger partial charge in [0.15, 0.2) is 5.82 Å². The maximum atomic E-state index is 13.2. The largest absolute Gasteiger partial charge is 0.331 e. The second-order valence-corrected chi connectivity index (χ2v) is 3.05. The number of nitrogens with zero attached hydrogens (tertiary/aromatic N) is 2. The molecule has 0 bridgehead atoms. The number of aryl methyl sites for hydroxylation is 2. The number of aromatic nitrogens is 2. The molecule has 2 aromatic rings. The lowest BCUT2D eigenvalue weighted by Crippen LogP contribution is -1.94. The van der Waals surface area contributed by atoms with E-state index in [1.54, 1.807) is 6.07 Å². The SMILES string of the molecule is CCc1nc2c(F)cccc2n1C. The summed E-state index contributed by atoms with van der Waals surface area (Å²) < 4.78 is 15.2. The average Bonchev–Trinajstić information content (AvgIpc) is 2.45. The topological polar surface area (TPSA) is 17.8 Å². The second kappa shape index (κ2) is 2.83. The first-order valence-corrected chi connectivity index (χ1v) is 4.34. The van der Waals surface area contributed by atoms with E-state index in [4.69, 9.17) is 0 Å². The predicted molar refractivity (Wildman–Crippen MR) is 50.1 cm³/mol. The fourth-order valence-corrected chi connectivity index (χ4v) is 1.54. The standard InChI is InChI=1S/C10H11FN2/c1-3-9-12-10-7(11)5-4-6-8(10)13(9)2/h4-6H,3H2,1-2H3. The highest BCUT2D eigenvalue weighted by atomic mass is 19.1. The minimum Gasteiger partial charge on any atom is -0.331 e. The van der Waals surface area contributed by atoms with Crippen LogP contribution in [0, 0.1) is 5.82 Å². The Morgan fingerprint density at radius 2 is 2.23 bits per heavy atom.